The molecule has 1 amide bonds. The van der Waals surface area contributed by atoms with E-state index in [1.807, 2.05) is 0 Å². The molecule has 0 saturated heterocycles. The molecule has 1 N–H and O–H groups in total. The molecule has 0 bridgehead atoms. The molecule has 0 unspecified atom stereocenters. The fraction of sp³-hybridized carbons (Fsp3) is 0.474. The Morgan fingerprint density at radius 2 is 1.81 bits per heavy atom. The van der Waals surface area contributed by atoms with E-state index in [2.05, 4.69) is 21.2 Å². The largest absolute Gasteiger partial charge is 0.454 e. The number of nitrogens with one attached hydrogen (secondary N) is 1. The fourth-order valence-electron chi connectivity index (χ4n) is 3.59. The Bertz CT molecular complexity index is 852. The van der Waals surface area contributed by atoms with Gasteiger partial charge in [-0.1, -0.05) is 41.6 Å². The smallest absolute Gasteiger partial charge is 0.352 e. The maximum atomic E-state index is 12.9. The van der Waals surface area contributed by atoms with Crippen LogP contribution in [0.15, 0.2) is 28.9 Å². The highest BCUT2D eigenvalue weighted by molar-refractivity contribution is 9.10. The van der Waals surface area contributed by atoms with Gasteiger partial charge in [-0.2, -0.15) is 13.2 Å². The van der Waals surface area contributed by atoms with Crippen LogP contribution in [-0.4, -0.2) is 28.5 Å². The van der Waals surface area contributed by atoms with Gasteiger partial charge in [0.2, 0.25) is 5.91 Å². The topological polar surface area (TPSA) is 51.1 Å². The number of carbonyl (C=O) groups excluding carboxylic acids is 2. The van der Waals surface area contributed by atoms with E-state index in [0.29, 0.717) is 9.99 Å². The van der Waals surface area contributed by atoms with Crippen molar-refractivity contribution in [1.29, 1.82) is 0 Å². The van der Waals surface area contributed by atoms with Gasteiger partial charge in [0.05, 0.1) is 5.56 Å². The van der Waals surface area contributed by atoms with Gasteiger partial charge in [0, 0.05) is 27.6 Å². The molecule has 4 nitrogen and oxygen atoms in total. The van der Waals surface area contributed by atoms with Gasteiger partial charge in [-0.05, 0) is 31.0 Å². The normalized spacial score (nSPS) is 16.3. The van der Waals surface area contributed by atoms with Crippen LogP contribution in [0.25, 0.3) is 10.9 Å². The number of alkyl halides is 3. The summed E-state index contributed by atoms with van der Waals surface area (Å²) in [4.78, 5) is 24.2. The predicted molar refractivity (Wildman–Crippen MR) is 99.7 cm³/mol. The molecule has 27 heavy (non-hydrogen) atoms. The van der Waals surface area contributed by atoms with Crippen LogP contribution in [0.2, 0.25) is 0 Å². The number of halogens is 4. The van der Waals surface area contributed by atoms with Crippen molar-refractivity contribution in [3.63, 3.8) is 0 Å². The minimum atomic E-state index is -4.97. The van der Waals surface area contributed by atoms with E-state index in [9.17, 15) is 22.8 Å². The molecule has 146 valence electrons. The van der Waals surface area contributed by atoms with Crippen molar-refractivity contribution in [2.75, 3.05) is 0 Å². The van der Waals surface area contributed by atoms with E-state index in [4.69, 9.17) is 0 Å². The highest BCUT2D eigenvalue weighted by Gasteiger charge is 2.41. The zero-order valence-corrected chi connectivity index (χ0v) is 16.2. The first-order chi connectivity index (χ1) is 12.8. The summed E-state index contributed by atoms with van der Waals surface area (Å²) in [5.74, 6) is -2.17. The third-order valence-corrected chi connectivity index (χ3v) is 5.37. The van der Waals surface area contributed by atoms with Gasteiger partial charge in [-0.15, -0.1) is 0 Å². The average Bonchev–Trinajstić information content (AvgIpc) is 2.76. The molecule has 0 atom stereocenters. The van der Waals surface area contributed by atoms with E-state index < -0.39 is 17.5 Å². The van der Waals surface area contributed by atoms with Crippen LogP contribution in [0.4, 0.5) is 13.2 Å². The van der Waals surface area contributed by atoms with Crippen LogP contribution in [-0.2, 0) is 11.3 Å². The third-order valence-electron chi connectivity index (χ3n) is 4.88. The van der Waals surface area contributed by atoms with Gasteiger partial charge >= 0.3 is 6.18 Å². The number of amides is 1. The summed E-state index contributed by atoms with van der Waals surface area (Å²) in [6, 6.07) is 4.84. The van der Waals surface area contributed by atoms with Gasteiger partial charge < -0.3 is 9.88 Å². The number of fused-ring (bicyclic) bond motifs is 1. The van der Waals surface area contributed by atoms with E-state index in [0.717, 1.165) is 44.7 Å². The lowest BCUT2D eigenvalue weighted by atomic mass is 10.1. The number of hydrogen-bond donors (Lipinski definition) is 1. The van der Waals surface area contributed by atoms with E-state index in [1.54, 1.807) is 12.1 Å². The SMILES string of the molecule is O=C(Cn1cc(C(=O)C(F)(F)F)c2cc(Br)ccc21)NC1CCCCCC1. The molecule has 1 saturated carbocycles. The number of rotatable bonds is 4. The number of carbonyl (C=O) groups is 2. The van der Waals surface area contributed by atoms with Crippen molar-refractivity contribution < 1.29 is 22.8 Å². The lowest BCUT2D eigenvalue weighted by Gasteiger charge is -2.16. The van der Waals surface area contributed by atoms with E-state index in [-0.39, 0.29) is 23.9 Å². The summed E-state index contributed by atoms with van der Waals surface area (Å²) in [7, 11) is 0. The van der Waals surface area contributed by atoms with Crippen LogP contribution in [0.1, 0.15) is 48.9 Å². The molecule has 1 aliphatic rings. The number of aromatic nitrogens is 1. The highest BCUT2D eigenvalue weighted by Crippen LogP contribution is 2.30. The molecule has 3 rings (SSSR count). The monoisotopic (exact) mass is 444 g/mol. The van der Waals surface area contributed by atoms with Crippen molar-refractivity contribution in [2.45, 2.75) is 57.3 Å². The average molecular weight is 445 g/mol. The van der Waals surface area contributed by atoms with Crippen molar-refractivity contribution >= 4 is 38.5 Å². The zero-order chi connectivity index (χ0) is 19.6. The molecule has 0 aliphatic heterocycles. The first-order valence-corrected chi connectivity index (χ1v) is 9.74. The number of hydrogen-bond acceptors (Lipinski definition) is 2. The Kier molecular flexibility index (Phi) is 5.93. The Labute approximate surface area is 163 Å². The first-order valence-electron chi connectivity index (χ1n) is 8.95. The Morgan fingerprint density at radius 1 is 1.15 bits per heavy atom. The molecule has 0 spiro atoms. The van der Waals surface area contributed by atoms with E-state index in [1.165, 1.54) is 10.6 Å². The second-order valence-electron chi connectivity index (χ2n) is 6.92. The fourth-order valence-corrected chi connectivity index (χ4v) is 3.95. The van der Waals surface area contributed by atoms with Crippen molar-refractivity contribution in [3.8, 4) is 0 Å². The Morgan fingerprint density at radius 3 is 2.44 bits per heavy atom. The number of Topliss-reactive ketones (excluding diaryl/α,β-unsaturated/α-hetero) is 1. The molecule has 1 heterocycles. The second kappa shape index (κ2) is 8.04. The zero-order valence-electron chi connectivity index (χ0n) is 14.6. The second-order valence-corrected chi connectivity index (χ2v) is 7.83. The first kappa shape index (κ1) is 19.9. The quantitative estimate of drug-likeness (QED) is 0.533. The third kappa shape index (κ3) is 4.72. The maximum Gasteiger partial charge on any atom is 0.454 e. The summed E-state index contributed by atoms with van der Waals surface area (Å²) in [5, 5.41) is 3.15. The summed E-state index contributed by atoms with van der Waals surface area (Å²) >= 11 is 3.22. The summed E-state index contributed by atoms with van der Waals surface area (Å²) in [6.07, 6.45) is 2.44. The van der Waals surface area contributed by atoms with Gasteiger partial charge in [-0.3, -0.25) is 9.59 Å². The molecular weight excluding hydrogens is 425 g/mol. The van der Waals surface area contributed by atoms with Gasteiger partial charge in [0.25, 0.3) is 5.78 Å². The van der Waals surface area contributed by atoms with Gasteiger partial charge in [0.1, 0.15) is 6.54 Å². The van der Waals surface area contributed by atoms with E-state index >= 15 is 0 Å². The molecule has 0 radical (unpaired) electrons. The predicted octanol–water partition coefficient (Wildman–Crippen LogP) is 4.99. The van der Waals surface area contributed by atoms with Gasteiger partial charge in [0.15, 0.2) is 0 Å². The molecule has 8 heteroatoms. The van der Waals surface area contributed by atoms with Crippen molar-refractivity contribution in [3.05, 3.63) is 34.4 Å². The van der Waals surface area contributed by atoms with Crippen LogP contribution in [0, 0.1) is 0 Å². The lowest BCUT2D eigenvalue weighted by molar-refractivity contribution is -0.122. The number of benzene rings is 1. The maximum absolute atomic E-state index is 12.9. The minimum Gasteiger partial charge on any atom is -0.352 e. The number of nitrogens with zero attached hydrogens (tertiary/aromatic N) is 1. The minimum absolute atomic E-state index is 0.104. The lowest BCUT2D eigenvalue weighted by Crippen LogP contribution is -2.36. The molecular formula is C19H20BrF3N2O2. The molecule has 1 fully saturated rings. The molecule has 2 aromatic rings. The number of ketones is 1. The van der Waals surface area contributed by atoms with Crippen LogP contribution >= 0.6 is 15.9 Å². The summed E-state index contributed by atoms with van der Waals surface area (Å²) in [5.41, 5.74) is -0.0251. The summed E-state index contributed by atoms with van der Waals surface area (Å²) in [6.45, 7) is -0.125. The Balaban J connectivity index is 1.85. The van der Waals surface area contributed by atoms with Gasteiger partial charge in [-0.25, -0.2) is 0 Å². The van der Waals surface area contributed by atoms with Crippen LogP contribution < -0.4 is 5.32 Å². The molecule has 1 aromatic carbocycles. The standard InChI is InChI=1S/C19H20BrF3N2O2/c20-12-7-8-16-14(9-12)15(18(27)19(21,22)23)10-25(16)11-17(26)24-13-5-3-1-2-4-6-13/h7-10,13H,1-6,11H2,(H,24,26). The highest BCUT2D eigenvalue weighted by atomic mass is 79.9. The van der Waals surface area contributed by atoms with Crippen molar-refractivity contribution in [2.24, 2.45) is 0 Å². The Hall–Kier alpha value is -1.83. The van der Waals surface area contributed by atoms with Crippen LogP contribution in [0.3, 0.4) is 0 Å². The molecule has 1 aliphatic carbocycles. The van der Waals surface area contributed by atoms with Crippen molar-refractivity contribution in [1.82, 2.24) is 9.88 Å². The summed E-state index contributed by atoms with van der Waals surface area (Å²) < 4.78 is 40.8. The molecule has 1 aromatic heterocycles. The van der Waals surface area contributed by atoms with Crippen LogP contribution in [0.5, 0.6) is 0 Å².